The van der Waals surface area contributed by atoms with Crippen molar-refractivity contribution in [2.24, 2.45) is 5.92 Å². The van der Waals surface area contributed by atoms with E-state index in [1.54, 1.807) is 18.2 Å². The van der Waals surface area contributed by atoms with Crippen molar-refractivity contribution < 1.29 is 23.5 Å². The first-order valence-corrected chi connectivity index (χ1v) is 16.8. The fourth-order valence-electron chi connectivity index (χ4n) is 3.81. The van der Waals surface area contributed by atoms with E-state index in [0.29, 0.717) is 17.2 Å². The van der Waals surface area contributed by atoms with Gasteiger partial charge in [0.15, 0.2) is 8.32 Å². The quantitative estimate of drug-likeness (QED) is 0.152. The molecule has 6 nitrogen and oxygen atoms in total. The number of carbonyl (C=O) groups is 2. The number of rotatable bonds is 13. The SMILES string of the molecule is COC(=O)[C@@H](Cc1ccc(OC)c(Cl)c1)NC(=O)/C=C/C[C@H](O[Si](C)(C)C(C)(C)C)[C@H](C)/C=C/c1ccccc1. The number of benzene rings is 2. The van der Waals surface area contributed by atoms with E-state index in [1.165, 1.54) is 20.3 Å². The van der Waals surface area contributed by atoms with E-state index in [2.05, 4.69) is 70.4 Å². The van der Waals surface area contributed by atoms with Crippen molar-refractivity contribution in [2.45, 2.75) is 70.8 Å². The predicted molar refractivity (Wildman–Crippen MR) is 166 cm³/mol. The Hall–Kier alpha value is -2.87. The van der Waals surface area contributed by atoms with Crippen LogP contribution in [-0.4, -0.2) is 46.6 Å². The highest BCUT2D eigenvalue weighted by atomic mass is 35.5. The molecule has 0 aliphatic carbocycles. The molecular weight excluding hydrogens is 542 g/mol. The summed E-state index contributed by atoms with van der Waals surface area (Å²) in [6.45, 7) is 13.2. The number of nitrogens with one attached hydrogen (secondary N) is 1. The van der Waals surface area contributed by atoms with E-state index >= 15 is 0 Å². The minimum atomic E-state index is -2.07. The Balaban J connectivity index is 2.14. The van der Waals surface area contributed by atoms with E-state index in [4.69, 9.17) is 25.5 Å². The van der Waals surface area contributed by atoms with E-state index in [1.807, 2.05) is 24.3 Å². The van der Waals surface area contributed by atoms with Crippen molar-refractivity contribution in [1.29, 1.82) is 0 Å². The zero-order valence-corrected chi connectivity index (χ0v) is 26.7. The molecule has 0 fully saturated rings. The van der Waals surface area contributed by atoms with Crippen molar-refractivity contribution in [3.8, 4) is 5.75 Å². The molecule has 1 amide bonds. The maximum atomic E-state index is 12.8. The lowest BCUT2D eigenvalue weighted by Gasteiger charge is -2.40. The van der Waals surface area contributed by atoms with E-state index in [9.17, 15) is 9.59 Å². The summed E-state index contributed by atoms with van der Waals surface area (Å²) in [5.41, 5.74) is 1.90. The normalized spacial score (nSPS) is 14.6. The maximum absolute atomic E-state index is 12.8. The molecule has 0 aliphatic rings. The maximum Gasteiger partial charge on any atom is 0.328 e. The van der Waals surface area contributed by atoms with E-state index < -0.39 is 20.3 Å². The van der Waals surface area contributed by atoms with Gasteiger partial charge in [-0.2, -0.15) is 0 Å². The Morgan fingerprint density at radius 3 is 2.33 bits per heavy atom. The van der Waals surface area contributed by atoms with Gasteiger partial charge in [-0.25, -0.2) is 4.79 Å². The molecule has 0 saturated carbocycles. The van der Waals surface area contributed by atoms with Crippen LogP contribution in [0.5, 0.6) is 5.75 Å². The Morgan fingerprint density at radius 1 is 1.07 bits per heavy atom. The van der Waals surface area contributed by atoms with Crippen LogP contribution >= 0.6 is 11.6 Å². The molecule has 0 heterocycles. The minimum absolute atomic E-state index is 0.0489. The van der Waals surface area contributed by atoms with Crippen LogP contribution in [0.4, 0.5) is 0 Å². The molecule has 218 valence electrons. The zero-order valence-electron chi connectivity index (χ0n) is 25.0. The molecule has 2 aromatic carbocycles. The highest BCUT2D eigenvalue weighted by molar-refractivity contribution is 6.74. The van der Waals surface area contributed by atoms with Crippen LogP contribution < -0.4 is 10.1 Å². The minimum Gasteiger partial charge on any atom is -0.495 e. The zero-order chi connectivity index (χ0) is 29.9. The van der Waals surface area contributed by atoms with E-state index in [0.717, 1.165) is 11.1 Å². The third-order valence-electron chi connectivity index (χ3n) is 7.33. The van der Waals surface area contributed by atoms with Crippen LogP contribution in [0.3, 0.4) is 0 Å². The van der Waals surface area contributed by atoms with Crippen molar-refractivity contribution in [1.82, 2.24) is 5.32 Å². The number of halogens is 1. The van der Waals surface area contributed by atoms with Gasteiger partial charge in [0.05, 0.1) is 25.3 Å². The monoisotopic (exact) mass is 585 g/mol. The Morgan fingerprint density at radius 2 is 1.75 bits per heavy atom. The number of methoxy groups -OCH3 is 2. The van der Waals surface area contributed by atoms with Gasteiger partial charge in [-0.05, 0) is 59.8 Å². The summed E-state index contributed by atoms with van der Waals surface area (Å²) in [5, 5.41) is 3.24. The van der Waals surface area contributed by atoms with Crippen LogP contribution in [0, 0.1) is 5.92 Å². The molecule has 0 bridgehead atoms. The van der Waals surface area contributed by atoms with Crippen molar-refractivity contribution in [3.05, 3.63) is 82.9 Å². The van der Waals surface area contributed by atoms with E-state index in [-0.39, 0.29) is 29.4 Å². The van der Waals surface area contributed by atoms with Gasteiger partial charge in [0, 0.05) is 6.42 Å². The highest BCUT2D eigenvalue weighted by Gasteiger charge is 2.39. The van der Waals surface area contributed by atoms with Crippen LogP contribution in [0.1, 0.15) is 45.2 Å². The summed E-state index contributed by atoms with van der Waals surface area (Å²) < 4.78 is 16.9. The molecular formula is C32H44ClNO5Si. The summed E-state index contributed by atoms with van der Waals surface area (Å²) in [5.74, 6) is -0.264. The van der Waals surface area contributed by atoms with Gasteiger partial charge in [-0.1, -0.05) is 93.9 Å². The predicted octanol–water partition coefficient (Wildman–Crippen LogP) is 7.24. The number of carbonyl (C=O) groups excluding carboxylic acids is 2. The standard InChI is InChI=1S/C32H44ClNO5Si/c1-23(17-18-24-13-10-9-11-14-24)28(39-40(7,8)32(2,3)4)15-12-16-30(35)34-27(31(36)38-6)22-25-19-20-29(37-5)26(33)21-25/h9-14,16-21,23,27-28H,15,22H2,1-8H3,(H,34,35)/b16-12+,18-17+/t23-,27-,28+/m1/s1. The smallest absolute Gasteiger partial charge is 0.328 e. The lowest BCUT2D eigenvalue weighted by Crippen LogP contribution is -2.45. The van der Waals surface area contributed by atoms with Gasteiger partial charge in [-0.15, -0.1) is 0 Å². The topological polar surface area (TPSA) is 73.9 Å². The van der Waals surface area contributed by atoms with Crippen molar-refractivity contribution in [2.75, 3.05) is 14.2 Å². The second kappa shape index (κ2) is 15.2. The second-order valence-corrected chi connectivity index (χ2v) is 16.6. The first-order valence-electron chi connectivity index (χ1n) is 13.6. The second-order valence-electron chi connectivity index (χ2n) is 11.4. The van der Waals surface area contributed by atoms with Gasteiger partial charge < -0.3 is 19.2 Å². The summed E-state index contributed by atoms with van der Waals surface area (Å²) in [7, 11) is 0.765. The number of amides is 1. The molecule has 2 aromatic rings. The lowest BCUT2D eigenvalue weighted by atomic mass is 10.00. The average Bonchev–Trinajstić information content (AvgIpc) is 2.90. The third-order valence-corrected chi connectivity index (χ3v) is 12.1. The Kier molecular flexibility index (Phi) is 12.7. The van der Waals surface area contributed by atoms with Crippen LogP contribution in [-0.2, 0) is 25.2 Å². The molecule has 0 unspecified atom stereocenters. The molecule has 0 aliphatic heterocycles. The molecule has 1 N–H and O–H groups in total. The van der Waals surface area contributed by atoms with Gasteiger partial charge in [0.25, 0.3) is 0 Å². The Labute approximate surface area is 245 Å². The first-order chi connectivity index (χ1) is 18.8. The molecule has 0 radical (unpaired) electrons. The molecule has 8 heteroatoms. The summed E-state index contributed by atoms with van der Waals surface area (Å²) in [6.07, 6.45) is 8.23. The molecule has 0 spiro atoms. The average molecular weight is 586 g/mol. The fraction of sp³-hybridized carbons (Fsp3) is 0.438. The van der Waals surface area contributed by atoms with Crippen LogP contribution in [0.15, 0.2) is 66.8 Å². The molecule has 3 atom stereocenters. The summed E-state index contributed by atoms with van der Waals surface area (Å²) >= 11 is 6.23. The summed E-state index contributed by atoms with van der Waals surface area (Å²) in [4.78, 5) is 25.3. The third kappa shape index (κ3) is 10.3. The number of hydrogen-bond donors (Lipinski definition) is 1. The van der Waals surface area contributed by atoms with Crippen LogP contribution in [0.25, 0.3) is 6.08 Å². The number of esters is 1. The first kappa shape index (κ1) is 33.3. The lowest BCUT2D eigenvalue weighted by molar-refractivity contribution is -0.144. The van der Waals surface area contributed by atoms with Gasteiger partial charge in [0.1, 0.15) is 11.8 Å². The van der Waals surface area contributed by atoms with Crippen LogP contribution in [0.2, 0.25) is 23.2 Å². The van der Waals surface area contributed by atoms with Gasteiger partial charge in [-0.3, -0.25) is 4.79 Å². The Bertz CT molecular complexity index is 1170. The number of ether oxygens (including phenoxy) is 2. The van der Waals surface area contributed by atoms with Gasteiger partial charge >= 0.3 is 5.97 Å². The highest BCUT2D eigenvalue weighted by Crippen LogP contribution is 2.38. The van der Waals surface area contributed by atoms with Gasteiger partial charge in [0.2, 0.25) is 5.91 Å². The summed E-state index contributed by atoms with van der Waals surface area (Å²) in [6, 6.07) is 14.5. The molecule has 0 saturated heterocycles. The number of hydrogen-bond acceptors (Lipinski definition) is 5. The van der Waals surface area contributed by atoms with Crippen molar-refractivity contribution >= 4 is 37.9 Å². The molecule has 0 aromatic heterocycles. The molecule has 40 heavy (non-hydrogen) atoms. The molecule has 2 rings (SSSR count). The largest absolute Gasteiger partial charge is 0.495 e. The fourth-order valence-corrected chi connectivity index (χ4v) is 5.52. The van der Waals surface area contributed by atoms with Crippen molar-refractivity contribution in [3.63, 3.8) is 0 Å².